The van der Waals surface area contributed by atoms with E-state index in [-0.39, 0.29) is 40.0 Å². The molecule has 2 aromatic heterocycles. The number of benzene rings is 7. The van der Waals surface area contributed by atoms with Gasteiger partial charge in [-0.3, -0.25) is 14.5 Å². The largest absolute Gasteiger partial charge is 0.497 e. The number of β-lactam (4-membered cyclic amide) rings is 1. The van der Waals surface area contributed by atoms with Crippen LogP contribution in [0.1, 0.15) is 55.3 Å². The number of methoxy groups -OCH3 is 1. The number of nitrogens with one attached hydrogen (secondary N) is 2. The number of thiazole rings is 1. The molecule has 2 aliphatic heterocycles. The number of hydrogen-bond acceptors (Lipinski definition) is 14. The summed E-state index contributed by atoms with van der Waals surface area (Å²) in [6, 6.07) is 63.6. The van der Waals surface area contributed by atoms with Crippen LogP contribution in [0.5, 0.6) is 5.75 Å². The van der Waals surface area contributed by atoms with E-state index in [4.69, 9.17) is 28.8 Å². The number of amides is 2. The van der Waals surface area contributed by atoms with Crippen LogP contribution >= 0.6 is 34.6 Å². The minimum atomic E-state index is -4.73. The lowest BCUT2D eigenvalue weighted by atomic mass is 9.77. The van der Waals surface area contributed by atoms with Crippen molar-refractivity contribution < 1.29 is 41.9 Å². The Balaban J connectivity index is 0.984. The second kappa shape index (κ2) is 23.9. The van der Waals surface area contributed by atoms with Crippen LogP contribution in [0.15, 0.2) is 234 Å². The van der Waals surface area contributed by atoms with Gasteiger partial charge in [-0.05, 0) is 46.0 Å². The molecule has 9 aromatic rings. The first kappa shape index (κ1) is 54.8. The zero-order chi connectivity index (χ0) is 56.7. The van der Waals surface area contributed by atoms with E-state index in [9.17, 15) is 22.8 Å². The summed E-state index contributed by atoms with van der Waals surface area (Å²) < 4.78 is 57.7. The molecular formula is C63H48F3N7O6S3. The lowest BCUT2D eigenvalue weighted by molar-refractivity contribution is -0.153. The quantitative estimate of drug-likeness (QED) is 0.0261. The second-order valence-electron chi connectivity index (χ2n) is 18.8. The summed E-state index contributed by atoms with van der Waals surface area (Å²) in [6.45, 7) is -0.201. The summed E-state index contributed by atoms with van der Waals surface area (Å²) in [6.07, 6.45) is -2.16. The van der Waals surface area contributed by atoms with Gasteiger partial charge in [-0.1, -0.05) is 205 Å². The van der Waals surface area contributed by atoms with E-state index in [1.807, 2.05) is 182 Å². The van der Waals surface area contributed by atoms with Crippen molar-refractivity contribution in [3.63, 3.8) is 0 Å². The van der Waals surface area contributed by atoms with Crippen molar-refractivity contribution in [1.29, 1.82) is 0 Å². The third kappa shape index (κ3) is 10.9. The monoisotopic (exact) mass is 1150 g/mol. The highest BCUT2D eigenvalue weighted by atomic mass is 32.2. The number of allylic oxidation sites excluding steroid dienone is 1. The number of alkyl halides is 3. The molecule has 11 rings (SSSR count). The van der Waals surface area contributed by atoms with E-state index >= 15 is 4.79 Å². The number of fused-ring (bicyclic) bond motifs is 1. The predicted octanol–water partition coefficient (Wildman–Crippen LogP) is 12.2. The number of carbonyl (C=O) groups is 3. The molecule has 0 radical (unpaired) electrons. The summed E-state index contributed by atoms with van der Waals surface area (Å²) in [5.41, 5.74) is 2.48. The first-order chi connectivity index (χ1) is 40.0. The third-order valence-corrected chi connectivity index (χ3v) is 16.6. The van der Waals surface area contributed by atoms with Gasteiger partial charge in [0.15, 0.2) is 5.69 Å². The van der Waals surface area contributed by atoms with Gasteiger partial charge in [-0.15, -0.1) is 23.1 Å². The maximum absolute atomic E-state index is 15.4. The number of oxime groups is 1. The minimum Gasteiger partial charge on any atom is -0.497 e. The molecule has 0 spiro atoms. The van der Waals surface area contributed by atoms with Gasteiger partial charge in [0.25, 0.3) is 11.8 Å². The smallest absolute Gasteiger partial charge is 0.434 e. The summed E-state index contributed by atoms with van der Waals surface area (Å²) in [4.78, 5) is 60.8. The van der Waals surface area contributed by atoms with Crippen molar-refractivity contribution >= 4 is 69.3 Å². The molecule has 1 saturated heterocycles. The first-order valence-corrected chi connectivity index (χ1v) is 28.4. The Kier molecular flexibility index (Phi) is 16.0. The van der Waals surface area contributed by atoms with Gasteiger partial charge in [0, 0.05) is 34.0 Å². The number of nitrogens with zero attached hydrogens (tertiary/aromatic N) is 5. The molecule has 1 fully saturated rings. The fourth-order valence-corrected chi connectivity index (χ4v) is 12.6. The van der Waals surface area contributed by atoms with Crippen molar-refractivity contribution in [2.24, 2.45) is 5.16 Å². The molecule has 1 unspecified atom stereocenters. The Morgan fingerprint density at radius 3 is 1.72 bits per heavy atom. The second-order valence-corrected chi connectivity index (χ2v) is 21.5. The van der Waals surface area contributed by atoms with Crippen LogP contribution in [0.3, 0.4) is 0 Å². The van der Waals surface area contributed by atoms with Gasteiger partial charge in [0.05, 0.1) is 17.5 Å². The average Bonchev–Trinajstić information content (AvgIpc) is 2.99. The third-order valence-electron chi connectivity index (χ3n) is 13.9. The van der Waals surface area contributed by atoms with E-state index in [1.54, 1.807) is 24.3 Å². The highest BCUT2D eigenvalue weighted by Crippen LogP contribution is 2.45. The summed E-state index contributed by atoms with van der Waals surface area (Å²) >= 11 is 2.97. The van der Waals surface area contributed by atoms with Crippen LogP contribution in [0.2, 0.25) is 0 Å². The first-order valence-electron chi connectivity index (χ1n) is 25.7. The van der Waals surface area contributed by atoms with Gasteiger partial charge >= 0.3 is 12.1 Å². The molecule has 0 saturated carbocycles. The van der Waals surface area contributed by atoms with Gasteiger partial charge in [0.1, 0.15) is 35.0 Å². The molecule has 82 heavy (non-hydrogen) atoms. The highest BCUT2D eigenvalue weighted by molar-refractivity contribution is 8.00. The van der Waals surface area contributed by atoms with Crippen LogP contribution in [-0.4, -0.2) is 67.0 Å². The zero-order valence-corrected chi connectivity index (χ0v) is 45.9. The number of esters is 1. The SMILES string of the molecule is COc1ccc(COC(=O)C2=C(C=Cc3scnc3C(F)(F)F)CS[C@H]3C(NC(=O)C(=NOC(c4ccccc4)(c4ccccc4)c4ccccc4)c4nsc(NC(c5ccccc5)(c5ccccc5)c5ccccc5)n4)C(=O)N23)cc1. The number of ether oxygens (including phenoxy) is 2. The van der Waals surface area contributed by atoms with Gasteiger partial charge < -0.3 is 24.9 Å². The summed E-state index contributed by atoms with van der Waals surface area (Å²) in [5.74, 6) is -1.99. The maximum Gasteiger partial charge on any atom is 0.434 e. The van der Waals surface area contributed by atoms with Gasteiger partial charge in [0.2, 0.25) is 22.3 Å². The molecule has 13 nitrogen and oxygen atoms in total. The molecule has 0 bridgehead atoms. The molecule has 7 aromatic carbocycles. The van der Waals surface area contributed by atoms with Gasteiger partial charge in [-0.2, -0.15) is 22.5 Å². The lowest BCUT2D eigenvalue weighted by Crippen LogP contribution is -2.71. The Hall–Kier alpha value is -9.17. The number of rotatable bonds is 19. The summed E-state index contributed by atoms with van der Waals surface area (Å²) in [7, 11) is 1.52. The van der Waals surface area contributed by atoms with Crippen molar-refractivity contribution in [2.45, 2.75) is 35.3 Å². The maximum atomic E-state index is 15.4. The molecule has 2 N–H and O–H groups in total. The standard InChI is InChI=1S/C63H48F3N7O6S3/c1-77-49-35-32-41(33-36-49)38-78-59(76)53-42(34-37-50-54(63(64,65)66)67-40-81-50)39-80-58-52(57(75)73(53)58)68-56(74)51(71-79-62(46-26-14-5-15-27-46,47-28-16-6-17-29-47)48-30-18-7-19-31-48)55-69-60(82-72-55)70-61(43-20-8-2-9-21-43,44-22-10-3-11-23-44)45-24-12-4-13-25-45/h2-37,40,52,58H,38-39H2,1H3,(H,68,74)(H,69,70,72)/t52?,58-/m0/s1. The zero-order valence-electron chi connectivity index (χ0n) is 43.5. The molecule has 19 heteroatoms. The van der Waals surface area contributed by atoms with Crippen molar-refractivity contribution in [3.8, 4) is 5.75 Å². The van der Waals surface area contributed by atoms with E-state index in [2.05, 4.69) is 15.6 Å². The van der Waals surface area contributed by atoms with E-state index in [1.165, 1.54) is 35.9 Å². The number of aromatic nitrogens is 3. The highest BCUT2D eigenvalue weighted by Gasteiger charge is 2.55. The molecular weight excluding hydrogens is 1100 g/mol. The lowest BCUT2D eigenvalue weighted by Gasteiger charge is -2.49. The fourth-order valence-electron chi connectivity index (χ4n) is 9.96. The van der Waals surface area contributed by atoms with Crippen LogP contribution < -0.4 is 15.4 Å². The molecule has 4 heterocycles. The van der Waals surface area contributed by atoms with Crippen molar-refractivity contribution in [1.82, 2.24) is 24.6 Å². The molecule has 410 valence electrons. The minimum absolute atomic E-state index is 0.0386. The fraction of sp³-hybridized carbons (Fsp3) is 0.127. The Morgan fingerprint density at radius 1 is 0.707 bits per heavy atom. The van der Waals surface area contributed by atoms with Gasteiger partial charge in [-0.25, -0.2) is 9.78 Å². The van der Waals surface area contributed by atoms with Crippen LogP contribution in [0, 0.1) is 0 Å². The number of carbonyl (C=O) groups excluding carboxylic acids is 3. The molecule has 2 amide bonds. The number of hydrogen-bond donors (Lipinski definition) is 2. The molecule has 2 aliphatic rings. The van der Waals surface area contributed by atoms with E-state index < -0.39 is 52.2 Å². The number of thioether (sulfide) groups is 1. The molecule has 0 aliphatic carbocycles. The van der Waals surface area contributed by atoms with E-state index in [0.717, 1.165) is 45.1 Å². The normalized spacial score (nSPS) is 15.6. The predicted molar refractivity (Wildman–Crippen MR) is 311 cm³/mol. The molecule has 2 atom stereocenters. The van der Waals surface area contributed by atoms with Crippen molar-refractivity contribution in [2.75, 3.05) is 18.2 Å². The Bertz CT molecular complexity index is 3600. The number of halogens is 3. The van der Waals surface area contributed by atoms with Crippen molar-refractivity contribution in [3.05, 3.63) is 284 Å². The average molecular weight is 1150 g/mol. The van der Waals surface area contributed by atoms with E-state index in [0.29, 0.717) is 33.1 Å². The van der Waals surface area contributed by atoms with Crippen LogP contribution in [0.25, 0.3) is 6.08 Å². The van der Waals surface area contributed by atoms with Crippen LogP contribution in [0.4, 0.5) is 18.3 Å². The summed E-state index contributed by atoms with van der Waals surface area (Å²) in [5, 5.41) is 10.8. The number of anilines is 1. The topological polar surface area (TPSA) is 157 Å². The Labute approximate surface area is 482 Å². The van der Waals surface area contributed by atoms with Crippen LogP contribution in [-0.2, 0) is 47.9 Å². The Morgan fingerprint density at radius 2 is 1.22 bits per heavy atom.